The number of rotatable bonds is 4. The van der Waals surface area contributed by atoms with E-state index in [9.17, 15) is 4.79 Å². The summed E-state index contributed by atoms with van der Waals surface area (Å²) in [6.45, 7) is 0. The smallest absolute Gasteiger partial charge is 0.229 e. The van der Waals surface area contributed by atoms with Crippen LogP contribution in [0.15, 0.2) is 41.1 Å². The molecule has 0 saturated heterocycles. The molecule has 2 heterocycles. The molecule has 2 aromatic heterocycles. The number of nitrogens with one attached hydrogen (secondary N) is 1. The van der Waals surface area contributed by atoms with Crippen molar-refractivity contribution in [3.05, 3.63) is 51.7 Å². The molecule has 4 nitrogen and oxygen atoms in total. The zero-order valence-corrected chi connectivity index (χ0v) is 13.1. The number of hydrogen-bond donors (Lipinski definition) is 1. The summed E-state index contributed by atoms with van der Waals surface area (Å²) in [6, 6.07) is 9.22. The molecule has 7 heteroatoms. The standard InChI is InChI=1S/C14H10ClN3OS2/c15-11-3-1-10(2-4-11)13-14(21-18-17-13)16-12(19)7-9-5-6-20-8-9/h1-6,8H,7H2,(H,16,19). The fourth-order valence-electron chi connectivity index (χ4n) is 1.82. The molecule has 0 spiro atoms. The summed E-state index contributed by atoms with van der Waals surface area (Å²) in [5.41, 5.74) is 2.54. The minimum atomic E-state index is -0.0744. The lowest BCUT2D eigenvalue weighted by Crippen LogP contribution is -2.13. The molecule has 0 aliphatic carbocycles. The first kappa shape index (κ1) is 14.2. The molecule has 0 aliphatic heterocycles. The molecule has 0 unspecified atom stereocenters. The van der Waals surface area contributed by atoms with E-state index < -0.39 is 0 Å². The van der Waals surface area contributed by atoms with Crippen LogP contribution in [-0.2, 0) is 11.2 Å². The molecule has 3 rings (SSSR count). The van der Waals surface area contributed by atoms with Crippen molar-refractivity contribution >= 4 is 45.4 Å². The Bertz CT molecular complexity index is 738. The predicted octanol–water partition coefficient (Wildman–Crippen LogP) is 4.10. The number of anilines is 1. The van der Waals surface area contributed by atoms with Crippen LogP contribution in [0.5, 0.6) is 0 Å². The Labute approximate surface area is 134 Å². The monoisotopic (exact) mass is 335 g/mol. The van der Waals surface area contributed by atoms with E-state index in [0.717, 1.165) is 11.1 Å². The molecule has 0 atom stereocenters. The van der Waals surface area contributed by atoms with Crippen molar-refractivity contribution in [1.82, 2.24) is 9.59 Å². The van der Waals surface area contributed by atoms with E-state index in [1.165, 1.54) is 11.5 Å². The molecule has 1 amide bonds. The number of nitrogens with zero attached hydrogens (tertiary/aromatic N) is 2. The molecule has 0 saturated carbocycles. The van der Waals surface area contributed by atoms with Gasteiger partial charge in [-0.1, -0.05) is 28.2 Å². The fourth-order valence-corrected chi connectivity index (χ4v) is 3.22. The summed E-state index contributed by atoms with van der Waals surface area (Å²) in [6.07, 6.45) is 0.349. The Kier molecular flexibility index (Phi) is 4.28. The van der Waals surface area contributed by atoms with Crippen LogP contribution >= 0.6 is 34.5 Å². The molecular formula is C14H10ClN3OS2. The number of halogens is 1. The predicted molar refractivity (Wildman–Crippen MR) is 87.0 cm³/mol. The zero-order chi connectivity index (χ0) is 14.7. The Morgan fingerprint density at radius 2 is 2.05 bits per heavy atom. The van der Waals surface area contributed by atoms with E-state index in [1.54, 1.807) is 23.5 Å². The Morgan fingerprint density at radius 1 is 1.24 bits per heavy atom. The third kappa shape index (κ3) is 3.47. The van der Waals surface area contributed by atoms with Crippen molar-refractivity contribution in [1.29, 1.82) is 0 Å². The lowest BCUT2D eigenvalue weighted by atomic mass is 10.1. The third-order valence-electron chi connectivity index (χ3n) is 2.80. The number of aromatic nitrogens is 2. The fraction of sp³-hybridized carbons (Fsp3) is 0.0714. The van der Waals surface area contributed by atoms with E-state index in [2.05, 4.69) is 14.9 Å². The first-order valence-corrected chi connectivity index (χ1v) is 8.21. The normalized spacial score (nSPS) is 10.5. The van der Waals surface area contributed by atoms with Crippen molar-refractivity contribution in [2.24, 2.45) is 0 Å². The van der Waals surface area contributed by atoms with Crippen LogP contribution in [0.3, 0.4) is 0 Å². The summed E-state index contributed by atoms with van der Waals surface area (Å²) < 4.78 is 3.92. The van der Waals surface area contributed by atoms with Crippen molar-refractivity contribution in [3.8, 4) is 11.3 Å². The summed E-state index contributed by atoms with van der Waals surface area (Å²) in [7, 11) is 0. The van der Waals surface area contributed by atoms with Gasteiger partial charge in [0.05, 0.1) is 6.42 Å². The minimum Gasteiger partial charge on any atom is -0.314 e. The lowest BCUT2D eigenvalue weighted by molar-refractivity contribution is -0.115. The van der Waals surface area contributed by atoms with Crippen LogP contribution in [0.1, 0.15) is 5.56 Å². The van der Waals surface area contributed by atoms with Crippen LogP contribution in [0.2, 0.25) is 5.02 Å². The van der Waals surface area contributed by atoms with Gasteiger partial charge >= 0.3 is 0 Å². The van der Waals surface area contributed by atoms with Crippen LogP contribution in [0, 0.1) is 0 Å². The minimum absolute atomic E-state index is 0.0744. The summed E-state index contributed by atoms with van der Waals surface area (Å²) in [5, 5.41) is 12.2. The van der Waals surface area contributed by atoms with Crippen molar-refractivity contribution in [2.75, 3.05) is 5.32 Å². The van der Waals surface area contributed by atoms with Crippen LogP contribution < -0.4 is 5.32 Å². The van der Waals surface area contributed by atoms with Gasteiger partial charge in [-0.2, -0.15) is 11.3 Å². The van der Waals surface area contributed by atoms with E-state index >= 15 is 0 Å². The van der Waals surface area contributed by atoms with Gasteiger partial charge in [0, 0.05) is 22.1 Å². The number of thiophene rings is 1. The SMILES string of the molecule is O=C(Cc1ccsc1)Nc1snnc1-c1ccc(Cl)cc1. The van der Waals surface area contributed by atoms with Gasteiger partial charge in [-0.15, -0.1) is 5.10 Å². The maximum absolute atomic E-state index is 12.0. The van der Waals surface area contributed by atoms with Crippen LogP contribution in [0.25, 0.3) is 11.3 Å². The van der Waals surface area contributed by atoms with Crippen LogP contribution in [-0.4, -0.2) is 15.5 Å². The molecular weight excluding hydrogens is 326 g/mol. The van der Waals surface area contributed by atoms with Gasteiger partial charge in [-0.25, -0.2) is 0 Å². The average Bonchev–Trinajstić information content (AvgIpc) is 3.11. The van der Waals surface area contributed by atoms with Gasteiger partial charge in [-0.05, 0) is 34.5 Å². The maximum Gasteiger partial charge on any atom is 0.229 e. The quantitative estimate of drug-likeness (QED) is 0.781. The largest absolute Gasteiger partial charge is 0.314 e. The second-order valence-electron chi connectivity index (χ2n) is 4.31. The highest BCUT2D eigenvalue weighted by molar-refractivity contribution is 7.10. The number of carbonyl (C=O) groups is 1. The highest BCUT2D eigenvalue weighted by Gasteiger charge is 2.13. The Hall–Kier alpha value is -1.76. The van der Waals surface area contributed by atoms with Gasteiger partial charge in [-0.3, -0.25) is 4.79 Å². The highest BCUT2D eigenvalue weighted by Crippen LogP contribution is 2.29. The first-order valence-electron chi connectivity index (χ1n) is 6.11. The van der Waals surface area contributed by atoms with Gasteiger partial charge in [0.25, 0.3) is 0 Å². The zero-order valence-electron chi connectivity index (χ0n) is 10.7. The topological polar surface area (TPSA) is 54.9 Å². The number of amides is 1. The Balaban J connectivity index is 1.76. The molecule has 106 valence electrons. The van der Waals surface area contributed by atoms with Crippen molar-refractivity contribution in [3.63, 3.8) is 0 Å². The molecule has 21 heavy (non-hydrogen) atoms. The lowest BCUT2D eigenvalue weighted by Gasteiger charge is -2.04. The van der Waals surface area contributed by atoms with Crippen molar-refractivity contribution < 1.29 is 4.79 Å². The van der Waals surface area contributed by atoms with Gasteiger partial charge in [0.1, 0.15) is 10.7 Å². The van der Waals surface area contributed by atoms with Gasteiger partial charge in [0.15, 0.2) is 0 Å². The molecule has 0 fully saturated rings. The van der Waals surface area contributed by atoms with Gasteiger partial charge < -0.3 is 5.32 Å². The van der Waals surface area contributed by atoms with Crippen LogP contribution in [0.4, 0.5) is 5.00 Å². The number of carbonyl (C=O) groups excluding carboxylic acids is 1. The van der Waals surface area contributed by atoms with E-state index in [-0.39, 0.29) is 5.91 Å². The molecule has 1 N–H and O–H groups in total. The molecule has 0 bridgehead atoms. The maximum atomic E-state index is 12.0. The second kappa shape index (κ2) is 6.34. The summed E-state index contributed by atoms with van der Waals surface area (Å²) in [4.78, 5) is 12.0. The van der Waals surface area contributed by atoms with E-state index in [1.807, 2.05) is 29.0 Å². The van der Waals surface area contributed by atoms with E-state index in [4.69, 9.17) is 11.6 Å². The van der Waals surface area contributed by atoms with Crippen molar-refractivity contribution in [2.45, 2.75) is 6.42 Å². The summed E-state index contributed by atoms with van der Waals surface area (Å²) in [5.74, 6) is -0.0744. The first-order chi connectivity index (χ1) is 10.2. The van der Waals surface area contributed by atoms with E-state index in [0.29, 0.717) is 22.1 Å². The highest BCUT2D eigenvalue weighted by atomic mass is 35.5. The molecule has 3 aromatic rings. The molecule has 1 aromatic carbocycles. The molecule has 0 radical (unpaired) electrons. The van der Waals surface area contributed by atoms with Gasteiger partial charge in [0.2, 0.25) is 5.91 Å². The Morgan fingerprint density at radius 3 is 2.76 bits per heavy atom. The molecule has 0 aliphatic rings. The number of hydrogen-bond acceptors (Lipinski definition) is 5. The number of benzene rings is 1. The average molecular weight is 336 g/mol. The summed E-state index contributed by atoms with van der Waals surface area (Å²) >= 11 is 8.62. The second-order valence-corrected chi connectivity index (χ2v) is 6.28. The third-order valence-corrected chi connectivity index (χ3v) is 4.43.